The van der Waals surface area contributed by atoms with Crippen molar-refractivity contribution in [3.05, 3.63) is 35.9 Å². The Morgan fingerprint density at radius 2 is 1.63 bits per heavy atom. The Balaban J connectivity index is 2.07. The standard InChI is InChI=1S/C23H38O6Si/c1-15-17-18(28-22(5,6)27-17)19(29-30(7,8)21(2,3)4)20(26-15)23(25,14-24)16-12-10-9-11-13-16/h9-13,15,17-20,24-25H,14H2,1-8H3/t15-,17-,18-,19+,20?,23+/m1/s1. The molecule has 30 heavy (non-hydrogen) atoms. The highest BCUT2D eigenvalue weighted by Gasteiger charge is 2.60. The molecular weight excluding hydrogens is 400 g/mol. The van der Waals surface area contributed by atoms with E-state index in [0.29, 0.717) is 5.56 Å². The van der Waals surface area contributed by atoms with Gasteiger partial charge in [0.15, 0.2) is 14.1 Å². The summed E-state index contributed by atoms with van der Waals surface area (Å²) < 4.78 is 25.6. The van der Waals surface area contributed by atoms with Gasteiger partial charge in [0.05, 0.1) is 12.7 Å². The molecule has 3 rings (SSSR count). The number of aliphatic hydroxyl groups is 2. The molecule has 2 aliphatic heterocycles. The zero-order valence-electron chi connectivity index (χ0n) is 19.5. The quantitative estimate of drug-likeness (QED) is 0.685. The maximum absolute atomic E-state index is 11.7. The SMILES string of the molecule is C[C@H]1OC([C@](O)(CO)c2ccccc2)[C@@H](O[Si](C)(C)C(C)(C)C)[C@@H]2OC(C)(C)O[C@@H]21. The highest BCUT2D eigenvalue weighted by atomic mass is 28.4. The molecule has 2 aliphatic rings. The second-order valence-corrected chi connectivity index (χ2v) is 15.4. The van der Waals surface area contributed by atoms with Gasteiger partial charge in [0.25, 0.3) is 0 Å². The van der Waals surface area contributed by atoms with Gasteiger partial charge in [-0.3, -0.25) is 0 Å². The molecule has 0 aliphatic carbocycles. The lowest BCUT2D eigenvalue weighted by Gasteiger charge is -2.51. The molecule has 1 unspecified atom stereocenters. The number of fused-ring (bicyclic) bond motifs is 1. The molecule has 6 atom stereocenters. The number of rotatable bonds is 5. The summed E-state index contributed by atoms with van der Waals surface area (Å²) in [7, 11) is -2.26. The van der Waals surface area contributed by atoms with Gasteiger partial charge in [0.1, 0.15) is 30.0 Å². The average molecular weight is 439 g/mol. The third-order valence-corrected chi connectivity index (χ3v) is 11.3. The number of hydrogen-bond acceptors (Lipinski definition) is 6. The lowest BCUT2D eigenvalue weighted by molar-refractivity contribution is -0.246. The van der Waals surface area contributed by atoms with Crippen LogP contribution in [0.1, 0.15) is 47.1 Å². The predicted octanol–water partition coefficient (Wildman–Crippen LogP) is 3.56. The second-order valence-electron chi connectivity index (χ2n) is 10.6. The number of aliphatic hydroxyl groups excluding tert-OH is 1. The van der Waals surface area contributed by atoms with Crippen molar-refractivity contribution in [2.45, 2.75) is 102 Å². The smallest absolute Gasteiger partial charge is 0.192 e. The minimum Gasteiger partial charge on any atom is -0.408 e. The zero-order chi connectivity index (χ0) is 22.5. The zero-order valence-corrected chi connectivity index (χ0v) is 20.5. The molecule has 2 heterocycles. The molecule has 0 saturated carbocycles. The average Bonchev–Trinajstić information content (AvgIpc) is 2.99. The van der Waals surface area contributed by atoms with Crippen LogP contribution in [-0.2, 0) is 24.2 Å². The lowest BCUT2D eigenvalue weighted by Crippen LogP contribution is -2.66. The molecule has 0 bridgehead atoms. The summed E-state index contributed by atoms with van der Waals surface area (Å²) in [5.41, 5.74) is -1.05. The van der Waals surface area contributed by atoms with E-state index in [1.54, 1.807) is 12.1 Å². The van der Waals surface area contributed by atoms with Crippen LogP contribution in [0.5, 0.6) is 0 Å². The summed E-state index contributed by atoms with van der Waals surface area (Å²) in [6, 6.07) is 9.16. The molecule has 0 spiro atoms. The summed E-state index contributed by atoms with van der Waals surface area (Å²) in [6.45, 7) is 16.0. The van der Waals surface area contributed by atoms with E-state index < -0.39 is 44.6 Å². The third kappa shape index (κ3) is 4.26. The lowest BCUT2D eigenvalue weighted by atomic mass is 9.81. The fraction of sp³-hybridized carbons (Fsp3) is 0.739. The number of hydrogen-bond donors (Lipinski definition) is 2. The van der Waals surface area contributed by atoms with Crippen LogP contribution >= 0.6 is 0 Å². The summed E-state index contributed by atoms with van der Waals surface area (Å²) in [4.78, 5) is 0. The normalized spacial score (nSPS) is 33.7. The van der Waals surface area contributed by atoms with Gasteiger partial charge < -0.3 is 28.8 Å². The van der Waals surface area contributed by atoms with Crippen molar-refractivity contribution in [1.82, 2.24) is 0 Å². The minimum absolute atomic E-state index is 0.0465. The van der Waals surface area contributed by atoms with Gasteiger partial charge in [0.2, 0.25) is 0 Å². The van der Waals surface area contributed by atoms with E-state index in [9.17, 15) is 10.2 Å². The number of ether oxygens (including phenoxy) is 3. The maximum atomic E-state index is 11.7. The molecule has 1 aromatic rings. The molecular formula is C23H38O6Si. The fourth-order valence-electron chi connectivity index (χ4n) is 4.10. The monoisotopic (exact) mass is 438 g/mol. The van der Waals surface area contributed by atoms with Crippen LogP contribution in [0, 0.1) is 0 Å². The van der Waals surface area contributed by atoms with Crippen molar-refractivity contribution in [1.29, 1.82) is 0 Å². The van der Waals surface area contributed by atoms with E-state index in [4.69, 9.17) is 18.6 Å². The largest absolute Gasteiger partial charge is 0.408 e. The Bertz CT molecular complexity index is 731. The highest BCUT2D eigenvalue weighted by Crippen LogP contribution is 2.46. The van der Waals surface area contributed by atoms with Crippen LogP contribution < -0.4 is 0 Å². The molecule has 0 aromatic heterocycles. The number of benzene rings is 1. The Kier molecular flexibility index (Phi) is 6.33. The minimum atomic E-state index is -2.26. The Labute approximate surface area is 181 Å². The second kappa shape index (κ2) is 7.96. The molecule has 170 valence electrons. The van der Waals surface area contributed by atoms with Crippen LogP contribution in [0.2, 0.25) is 18.1 Å². The van der Waals surface area contributed by atoms with Gasteiger partial charge in [-0.15, -0.1) is 0 Å². The summed E-state index contributed by atoms with van der Waals surface area (Å²) in [6.07, 6.45) is -2.46. The van der Waals surface area contributed by atoms with Gasteiger partial charge in [-0.1, -0.05) is 51.1 Å². The first-order valence-electron chi connectivity index (χ1n) is 10.8. The Hall–Kier alpha value is -0.803. The van der Waals surface area contributed by atoms with Gasteiger partial charge in [-0.2, -0.15) is 0 Å². The third-order valence-electron chi connectivity index (χ3n) is 6.83. The molecule has 6 nitrogen and oxygen atoms in total. The van der Waals surface area contributed by atoms with E-state index in [1.165, 1.54) is 0 Å². The van der Waals surface area contributed by atoms with Gasteiger partial charge in [0, 0.05) is 0 Å². The molecule has 0 amide bonds. The molecule has 2 N–H and O–H groups in total. The maximum Gasteiger partial charge on any atom is 0.192 e. The van der Waals surface area contributed by atoms with E-state index in [2.05, 4.69) is 33.9 Å². The van der Waals surface area contributed by atoms with Crippen LogP contribution in [0.3, 0.4) is 0 Å². The van der Waals surface area contributed by atoms with Gasteiger partial charge in [-0.05, 0) is 44.5 Å². The molecule has 0 radical (unpaired) electrons. The van der Waals surface area contributed by atoms with Crippen LogP contribution in [0.4, 0.5) is 0 Å². The van der Waals surface area contributed by atoms with Crippen LogP contribution in [0.25, 0.3) is 0 Å². The molecule has 2 saturated heterocycles. The Morgan fingerprint density at radius 3 is 2.17 bits per heavy atom. The Morgan fingerprint density at radius 1 is 1.07 bits per heavy atom. The van der Waals surface area contributed by atoms with E-state index in [1.807, 2.05) is 39.0 Å². The van der Waals surface area contributed by atoms with E-state index in [0.717, 1.165) is 0 Å². The van der Waals surface area contributed by atoms with E-state index in [-0.39, 0.29) is 17.2 Å². The van der Waals surface area contributed by atoms with Crippen molar-refractivity contribution >= 4 is 8.32 Å². The fourth-order valence-corrected chi connectivity index (χ4v) is 5.39. The summed E-state index contributed by atoms with van der Waals surface area (Å²) in [5.74, 6) is -0.777. The van der Waals surface area contributed by atoms with Gasteiger partial charge in [-0.25, -0.2) is 0 Å². The van der Waals surface area contributed by atoms with E-state index >= 15 is 0 Å². The van der Waals surface area contributed by atoms with Crippen molar-refractivity contribution in [2.24, 2.45) is 0 Å². The first-order chi connectivity index (χ1) is 13.7. The molecule has 2 fully saturated rings. The van der Waals surface area contributed by atoms with Crippen LogP contribution in [-0.4, -0.2) is 61.4 Å². The highest BCUT2D eigenvalue weighted by molar-refractivity contribution is 6.74. The van der Waals surface area contributed by atoms with Gasteiger partial charge >= 0.3 is 0 Å². The topological polar surface area (TPSA) is 77.4 Å². The molecule has 7 heteroatoms. The van der Waals surface area contributed by atoms with Crippen molar-refractivity contribution < 1.29 is 28.8 Å². The summed E-state index contributed by atoms with van der Waals surface area (Å²) >= 11 is 0. The first-order valence-corrected chi connectivity index (χ1v) is 13.7. The van der Waals surface area contributed by atoms with Crippen LogP contribution in [0.15, 0.2) is 30.3 Å². The molecule has 1 aromatic carbocycles. The first kappa shape index (κ1) is 23.9. The van der Waals surface area contributed by atoms with Crippen molar-refractivity contribution in [3.63, 3.8) is 0 Å². The summed E-state index contributed by atoms with van der Waals surface area (Å²) in [5, 5.41) is 22.0. The van der Waals surface area contributed by atoms with Crippen molar-refractivity contribution in [2.75, 3.05) is 6.61 Å². The predicted molar refractivity (Wildman–Crippen MR) is 118 cm³/mol. The van der Waals surface area contributed by atoms with Crippen molar-refractivity contribution in [3.8, 4) is 0 Å².